The number of hydrogen-bond acceptors (Lipinski definition) is 2. The van der Waals surface area contributed by atoms with E-state index in [2.05, 4.69) is 4.90 Å². The molecule has 0 unspecified atom stereocenters. The van der Waals surface area contributed by atoms with Crippen molar-refractivity contribution in [3.05, 3.63) is 0 Å². The van der Waals surface area contributed by atoms with Crippen LogP contribution in [0.2, 0.25) is 0 Å². The average molecular weight is 209 g/mol. The van der Waals surface area contributed by atoms with Gasteiger partial charge in [-0.3, -0.25) is 9.69 Å². The van der Waals surface area contributed by atoms with Gasteiger partial charge in [-0.25, -0.2) is 0 Å². The maximum atomic E-state index is 11.1. The molecule has 3 fully saturated rings. The van der Waals surface area contributed by atoms with E-state index in [4.69, 9.17) is 5.11 Å². The van der Waals surface area contributed by atoms with E-state index < -0.39 is 5.97 Å². The molecule has 0 radical (unpaired) electrons. The predicted molar refractivity (Wildman–Crippen MR) is 56.6 cm³/mol. The Bertz CT molecular complexity index is 261. The summed E-state index contributed by atoms with van der Waals surface area (Å²) in [6, 6.07) is 1.99. The first-order valence-corrected chi connectivity index (χ1v) is 6.26. The zero-order valence-corrected chi connectivity index (χ0v) is 9.06. The van der Waals surface area contributed by atoms with Crippen LogP contribution < -0.4 is 0 Å². The molecular weight excluding hydrogens is 190 g/mol. The highest BCUT2D eigenvalue weighted by molar-refractivity contribution is 5.70. The van der Waals surface area contributed by atoms with Gasteiger partial charge < -0.3 is 5.11 Å². The summed E-state index contributed by atoms with van der Waals surface area (Å²) in [5.74, 6) is -0.627. The smallest absolute Gasteiger partial charge is 0.306 e. The van der Waals surface area contributed by atoms with E-state index in [0.717, 1.165) is 18.9 Å². The SMILES string of the molecule is O=C(O)C1C[C@@H]2CCC[C@@H](C1)N2C1CC1. The summed E-state index contributed by atoms with van der Waals surface area (Å²) in [6.45, 7) is 0. The van der Waals surface area contributed by atoms with Crippen molar-refractivity contribution >= 4 is 5.97 Å². The molecule has 0 spiro atoms. The number of piperidine rings is 2. The van der Waals surface area contributed by atoms with Crippen molar-refractivity contribution in [2.24, 2.45) is 5.92 Å². The maximum Gasteiger partial charge on any atom is 0.306 e. The van der Waals surface area contributed by atoms with Gasteiger partial charge in [-0.05, 0) is 38.5 Å². The molecule has 3 heteroatoms. The Kier molecular flexibility index (Phi) is 2.23. The summed E-state index contributed by atoms with van der Waals surface area (Å²) >= 11 is 0. The predicted octanol–water partition coefficient (Wildman–Crippen LogP) is 1.87. The zero-order chi connectivity index (χ0) is 10.4. The zero-order valence-electron chi connectivity index (χ0n) is 9.06. The van der Waals surface area contributed by atoms with Gasteiger partial charge in [-0.1, -0.05) is 6.42 Å². The summed E-state index contributed by atoms with van der Waals surface area (Å²) in [4.78, 5) is 13.7. The maximum absolute atomic E-state index is 11.1. The van der Waals surface area contributed by atoms with E-state index in [1.165, 1.54) is 32.1 Å². The Balaban J connectivity index is 1.76. The molecule has 0 aromatic rings. The third-order valence-electron chi connectivity index (χ3n) is 4.35. The van der Waals surface area contributed by atoms with Crippen molar-refractivity contribution in [1.82, 2.24) is 4.90 Å². The van der Waals surface area contributed by atoms with E-state index in [1.807, 2.05) is 0 Å². The summed E-state index contributed by atoms with van der Waals surface area (Å²) in [5.41, 5.74) is 0. The van der Waals surface area contributed by atoms with Gasteiger partial charge >= 0.3 is 5.97 Å². The fraction of sp³-hybridized carbons (Fsp3) is 0.917. The van der Waals surface area contributed by atoms with Gasteiger partial charge in [0.2, 0.25) is 0 Å². The normalized spacial score (nSPS) is 41.5. The number of carbonyl (C=O) groups is 1. The quantitative estimate of drug-likeness (QED) is 0.754. The minimum atomic E-state index is -0.567. The third kappa shape index (κ3) is 1.67. The largest absolute Gasteiger partial charge is 0.481 e. The highest BCUT2D eigenvalue weighted by Crippen LogP contribution is 2.43. The number of fused-ring (bicyclic) bond motifs is 2. The molecular formula is C12H19NO2. The minimum Gasteiger partial charge on any atom is -0.481 e. The van der Waals surface area contributed by atoms with Crippen molar-refractivity contribution in [3.8, 4) is 0 Å². The van der Waals surface area contributed by atoms with E-state index in [-0.39, 0.29) is 5.92 Å². The van der Waals surface area contributed by atoms with Gasteiger partial charge in [-0.15, -0.1) is 0 Å². The van der Waals surface area contributed by atoms with Gasteiger partial charge in [0.1, 0.15) is 0 Å². The summed E-state index contributed by atoms with van der Waals surface area (Å²) in [7, 11) is 0. The molecule has 2 atom stereocenters. The fourth-order valence-corrected chi connectivity index (χ4v) is 3.59. The average Bonchev–Trinajstić information content (AvgIpc) is 2.98. The van der Waals surface area contributed by atoms with Crippen molar-refractivity contribution in [3.63, 3.8) is 0 Å². The molecule has 84 valence electrons. The monoisotopic (exact) mass is 209 g/mol. The first kappa shape index (κ1) is 9.64. The van der Waals surface area contributed by atoms with Crippen LogP contribution in [0.1, 0.15) is 44.9 Å². The van der Waals surface area contributed by atoms with Gasteiger partial charge in [0.05, 0.1) is 5.92 Å². The lowest BCUT2D eigenvalue weighted by Crippen LogP contribution is -2.54. The van der Waals surface area contributed by atoms with Crippen LogP contribution in [-0.4, -0.2) is 34.1 Å². The molecule has 2 heterocycles. The Morgan fingerprint density at radius 2 is 1.60 bits per heavy atom. The van der Waals surface area contributed by atoms with Crippen LogP contribution in [0.5, 0.6) is 0 Å². The van der Waals surface area contributed by atoms with Crippen LogP contribution in [-0.2, 0) is 4.79 Å². The first-order valence-electron chi connectivity index (χ1n) is 6.26. The number of carboxylic acids is 1. The first-order chi connectivity index (χ1) is 7.25. The molecule has 0 aromatic heterocycles. The Hall–Kier alpha value is -0.570. The molecule has 2 bridgehead atoms. The summed E-state index contributed by atoms with van der Waals surface area (Å²) in [6.07, 6.45) is 8.29. The summed E-state index contributed by atoms with van der Waals surface area (Å²) < 4.78 is 0. The standard InChI is InChI=1S/C12H19NO2/c14-12(15)8-6-10-2-1-3-11(7-8)13(10)9-4-5-9/h8-11H,1-7H2,(H,14,15)/t10-,11-/m0/s1. The van der Waals surface area contributed by atoms with E-state index in [9.17, 15) is 4.79 Å². The Morgan fingerprint density at radius 1 is 1.00 bits per heavy atom. The van der Waals surface area contributed by atoms with Crippen LogP contribution in [0.4, 0.5) is 0 Å². The van der Waals surface area contributed by atoms with Gasteiger partial charge in [0.15, 0.2) is 0 Å². The van der Waals surface area contributed by atoms with E-state index >= 15 is 0 Å². The van der Waals surface area contributed by atoms with E-state index in [0.29, 0.717) is 12.1 Å². The molecule has 1 N–H and O–H groups in total. The molecule has 3 rings (SSSR count). The van der Waals surface area contributed by atoms with Crippen LogP contribution in [0.25, 0.3) is 0 Å². The summed E-state index contributed by atoms with van der Waals surface area (Å²) in [5, 5.41) is 9.12. The molecule has 2 saturated heterocycles. The van der Waals surface area contributed by atoms with Crippen molar-refractivity contribution < 1.29 is 9.90 Å². The molecule has 2 aliphatic heterocycles. The lowest BCUT2D eigenvalue weighted by Gasteiger charge is -2.48. The molecule has 3 aliphatic rings. The lowest BCUT2D eigenvalue weighted by molar-refractivity contribution is -0.146. The van der Waals surface area contributed by atoms with Crippen LogP contribution in [0.15, 0.2) is 0 Å². The number of nitrogens with zero attached hydrogens (tertiary/aromatic N) is 1. The number of carboxylic acid groups (broad SMARTS) is 1. The lowest BCUT2D eigenvalue weighted by atomic mass is 9.78. The van der Waals surface area contributed by atoms with Crippen molar-refractivity contribution in [2.45, 2.75) is 63.1 Å². The molecule has 0 amide bonds. The minimum absolute atomic E-state index is 0.0599. The molecule has 3 nitrogen and oxygen atoms in total. The van der Waals surface area contributed by atoms with Crippen molar-refractivity contribution in [1.29, 1.82) is 0 Å². The topological polar surface area (TPSA) is 40.5 Å². The number of aliphatic carboxylic acids is 1. The second kappa shape index (κ2) is 3.48. The van der Waals surface area contributed by atoms with Crippen LogP contribution in [0.3, 0.4) is 0 Å². The fourth-order valence-electron chi connectivity index (χ4n) is 3.59. The molecule has 1 saturated carbocycles. The van der Waals surface area contributed by atoms with E-state index in [1.54, 1.807) is 0 Å². The third-order valence-corrected chi connectivity index (χ3v) is 4.35. The van der Waals surface area contributed by atoms with Gasteiger partial charge in [-0.2, -0.15) is 0 Å². The molecule has 15 heavy (non-hydrogen) atoms. The van der Waals surface area contributed by atoms with Gasteiger partial charge in [0, 0.05) is 18.1 Å². The Labute approximate surface area is 90.5 Å². The Morgan fingerprint density at radius 3 is 2.07 bits per heavy atom. The molecule has 0 aromatic carbocycles. The second-order valence-corrected chi connectivity index (χ2v) is 5.42. The highest BCUT2D eigenvalue weighted by Gasteiger charge is 2.46. The molecule has 1 aliphatic carbocycles. The van der Waals surface area contributed by atoms with Gasteiger partial charge in [0.25, 0.3) is 0 Å². The number of rotatable bonds is 2. The second-order valence-electron chi connectivity index (χ2n) is 5.42. The van der Waals surface area contributed by atoms with Crippen LogP contribution >= 0.6 is 0 Å². The number of hydrogen-bond donors (Lipinski definition) is 1. The van der Waals surface area contributed by atoms with Crippen molar-refractivity contribution in [2.75, 3.05) is 0 Å². The van der Waals surface area contributed by atoms with Crippen LogP contribution in [0, 0.1) is 5.92 Å². The highest BCUT2D eigenvalue weighted by atomic mass is 16.4.